The van der Waals surface area contributed by atoms with Crippen LogP contribution in [0.2, 0.25) is 0 Å². The molecule has 118 valence electrons. The fraction of sp³-hybridized carbons (Fsp3) is 0.0909. The SMILES string of the molecule is C[P+]1(C)c2ccc3ccccc3c2-c2c1ccc1ccccc21.[I-]. The van der Waals surface area contributed by atoms with Gasteiger partial charge in [-0.25, -0.2) is 0 Å². The van der Waals surface area contributed by atoms with Crippen LogP contribution < -0.4 is 34.6 Å². The second-order valence-corrected chi connectivity index (χ2v) is 10.7. The fourth-order valence-electron chi connectivity index (χ4n) is 4.11. The molecule has 0 bridgehead atoms. The molecular formula is C22H18IP. The molecule has 0 N–H and O–H groups in total. The molecule has 0 aromatic heterocycles. The summed E-state index contributed by atoms with van der Waals surface area (Å²) in [6.45, 7) is 4.92. The molecule has 0 nitrogen and oxygen atoms in total. The van der Waals surface area contributed by atoms with Gasteiger partial charge in [0, 0.05) is 11.1 Å². The van der Waals surface area contributed by atoms with E-state index in [1.165, 1.54) is 32.7 Å². The highest BCUT2D eigenvalue weighted by atomic mass is 127. The first-order chi connectivity index (χ1) is 11.2. The lowest BCUT2D eigenvalue weighted by molar-refractivity contribution is -0.00000439. The number of halogens is 1. The Balaban J connectivity index is 0.00000146. The van der Waals surface area contributed by atoms with Crippen molar-refractivity contribution in [2.75, 3.05) is 13.3 Å². The lowest BCUT2D eigenvalue weighted by Gasteiger charge is -2.13. The third-order valence-electron chi connectivity index (χ3n) is 5.27. The molecule has 4 aromatic carbocycles. The largest absolute Gasteiger partial charge is 1.00 e. The summed E-state index contributed by atoms with van der Waals surface area (Å²) in [5, 5.41) is 8.59. The van der Waals surface area contributed by atoms with Crippen LogP contribution in [0.5, 0.6) is 0 Å². The van der Waals surface area contributed by atoms with Crippen LogP contribution in [-0.2, 0) is 0 Å². The monoisotopic (exact) mass is 440 g/mol. The van der Waals surface area contributed by atoms with Gasteiger partial charge in [0.2, 0.25) is 0 Å². The van der Waals surface area contributed by atoms with Crippen molar-refractivity contribution in [1.29, 1.82) is 0 Å². The predicted molar refractivity (Wildman–Crippen MR) is 105 cm³/mol. The van der Waals surface area contributed by atoms with E-state index in [-0.39, 0.29) is 24.0 Å². The molecule has 0 amide bonds. The van der Waals surface area contributed by atoms with Crippen molar-refractivity contribution in [2.45, 2.75) is 0 Å². The molecular weight excluding hydrogens is 422 g/mol. The van der Waals surface area contributed by atoms with E-state index in [0.29, 0.717) is 0 Å². The Kier molecular flexibility index (Phi) is 3.71. The van der Waals surface area contributed by atoms with Gasteiger partial charge < -0.3 is 24.0 Å². The lowest BCUT2D eigenvalue weighted by Crippen LogP contribution is -3.00. The van der Waals surface area contributed by atoms with Crippen molar-refractivity contribution in [3.8, 4) is 11.1 Å². The van der Waals surface area contributed by atoms with E-state index in [4.69, 9.17) is 0 Å². The Bertz CT molecular complexity index is 1010. The Hall–Kier alpha value is -1.44. The molecule has 0 spiro atoms. The van der Waals surface area contributed by atoms with Crippen molar-refractivity contribution >= 4 is 39.4 Å². The number of hydrogen-bond donors (Lipinski definition) is 0. The molecule has 0 saturated carbocycles. The molecule has 0 saturated heterocycles. The molecule has 0 radical (unpaired) electrons. The lowest BCUT2D eigenvalue weighted by atomic mass is 9.94. The van der Waals surface area contributed by atoms with Gasteiger partial charge in [0.25, 0.3) is 0 Å². The molecule has 5 rings (SSSR count). The van der Waals surface area contributed by atoms with Crippen LogP contribution in [0.25, 0.3) is 32.7 Å². The van der Waals surface area contributed by atoms with Gasteiger partial charge in [0.1, 0.15) is 10.6 Å². The molecule has 1 aliphatic heterocycles. The fourth-order valence-corrected chi connectivity index (χ4v) is 6.84. The van der Waals surface area contributed by atoms with Gasteiger partial charge in [-0.2, -0.15) is 0 Å². The van der Waals surface area contributed by atoms with Gasteiger partial charge in [-0.15, -0.1) is 0 Å². The summed E-state index contributed by atoms with van der Waals surface area (Å²) in [4.78, 5) is 0. The minimum absolute atomic E-state index is 0. The number of benzene rings is 4. The summed E-state index contributed by atoms with van der Waals surface area (Å²) in [7, 11) is -1.28. The van der Waals surface area contributed by atoms with Crippen molar-refractivity contribution in [3.05, 3.63) is 72.8 Å². The first-order valence-corrected chi connectivity index (χ1v) is 10.8. The third kappa shape index (κ3) is 2.01. The van der Waals surface area contributed by atoms with E-state index in [1.54, 1.807) is 10.6 Å². The maximum Gasteiger partial charge on any atom is 0.107 e. The molecule has 1 heterocycles. The first kappa shape index (κ1) is 16.1. The van der Waals surface area contributed by atoms with E-state index in [1.807, 2.05) is 0 Å². The van der Waals surface area contributed by atoms with Crippen LogP contribution in [0.15, 0.2) is 72.8 Å². The summed E-state index contributed by atoms with van der Waals surface area (Å²) in [5.41, 5.74) is 2.96. The Labute approximate surface area is 160 Å². The van der Waals surface area contributed by atoms with Crippen LogP contribution in [0.4, 0.5) is 0 Å². The second kappa shape index (κ2) is 5.54. The molecule has 0 fully saturated rings. The minimum Gasteiger partial charge on any atom is -1.00 e. The molecule has 4 aromatic rings. The van der Waals surface area contributed by atoms with Crippen LogP contribution in [0.3, 0.4) is 0 Å². The summed E-state index contributed by atoms with van der Waals surface area (Å²) in [6, 6.07) is 27.0. The maximum absolute atomic E-state index is 2.46. The van der Waals surface area contributed by atoms with Gasteiger partial charge in [-0.05, 0) is 33.7 Å². The Morgan fingerprint density at radius 3 is 1.42 bits per heavy atom. The van der Waals surface area contributed by atoms with Gasteiger partial charge in [0.05, 0.1) is 20.6 Å². The van der Waals surface area contributed by atoms with E-state index in [0.717, 1.165) is 0 Å². The molecule has 0 unspecified atom stereocenters. The zero-order chi connectivity index (χ0) is 15.6. The van der Waals surface area contributed by atoms with Gasteiger partial charge >= 0.3 is 0 Å². The average Bonchev–Trinajstić information content (AvgIpc) is 2.83. The van der Waals surface area contributed by atoms with Gasteiger partial charge in [0.15, 0.2) is 0 Å². The number of fused-ring (bicyclic) bond motifs is 7. The van der Waals surface area contributed by atoms with Crippen molar-refractivity contribution in [2.24, 2.45) is 0 Å². The molecule has 24 heavy (non-hydrogen) atoms. The molecule has 1 aliphatic rings. The summed E-state index contributed by atoms with van der Waals surface area (Å²) in [5.74, 6) is 0. The topological polar surface area (TPSA) is 0 Å². The highest BCUT2D eigenvalue weighted by Crippen LogP contribution is 2.59. The van der Waals surface area contributed by atoms with Crippen LogP contribution in [-0.4, -0.2) is 13.3 Å². The van der Waals surface area contributed by atoms with Crippen LogP contribution >= 0.6 is 7.26 Å². The second-order valence-electron chi connectivity index (χ2n) is 6.82. The number of rotatable bonds is 0. The predicted octanol–water partition coefficient (Wildman–Crippen LogP) is 2.21. The van der Waals surface area contributed by atoms with Gasteiger partial charge in [-0.3, -0.25) is 0 Å². The maximum atomic E-state index is 2.46. The quantitative estimate of drug-likeness (QED) is 0.291. The molecule has 0 atom stereocenters. The van der Waals surface area contributed by atoms with Crippen molar-refractivity contribution < 1.29 is 24.0 Å². The van der Waals surface area contributed by atoms with E-state index >= 15 is 0 Å². The van der Waals surface area contributed by atoms with Crippen LogP contribution in [0, 0.1) is 0 Å². The smallest absolute Gasteiger partial charge is 0.107 e. The van der Waals surface area contributed by atoms with E-state index in [9.17, 15) is 0 Å². The molecule has 0 aliphatic carbocycles. The summed E-state index contributed by atoms with van der Waals surface area (Å²) < 4.78 is 0. The zero-order valence-electron chi connectivity index (χ0n) is 13.8. The minimum atomic E-state index is -1.28. The Morgan fingerprint density at radius 2 is 0.958 bits per heavy atom. The standard InChI is InChI=1S/C22H18P.HI/c1-23(2)19-13-11-15-7-3-5-9-17(15)21(19)22-18-10-6-4-8-16(18)12-14-20(22)23;/h3-14H,1-2H3;1H/q+1;/p-1. The van der Waals surface area contributed by atoms with Crippen molar-refractivity contribution in [1.82, 2.24) is 0 Å². The van der Waals surface area contributed by atoms with E-state index in [2.05, 4.69) is 86.1 Å². The number of hydrogen-bond acceptors (Lipinski definition) is 0. The average molecular weight is 440 g/mol. The highest BCUT2D eigenvalue weighted by molar-refractivity contribution is 7.89. The first-order valence-electron chi connectivity index (χ1n) is 8.07. The normalized spacial score (nSPS) is 14.2. The van der Waals surface area contributed by atoms with Crippen molar-refractivity contribution in [3.63, 3.8) is 0 Å². The molecule has 2 heteroatoms. The third-order valence-corrected chi connectivity index (χ3v) is 8.42. The Morgan fingerprint density at radius 1 is 0.542 bits per heavy atom. The van der Waals surface area contributed by atoms with Crippen LogP contribution in [0.1, 0.15) is 0 Å². The zero-order valence-corrected chi connectivity index (χ0v) is 16.8. The highest BCUT2D eigenvalue weighted by Gasteiger charge is 2.44. The summed E-state index contributed by atoms with van der Waals surface area (Å²) in [6.07, 6.45) is 0. The summed E-state index contributed by atoms with van der Waals surface area (Å²) >= 11 is 0. The van der Waals surface area contributed by atoms with Gasteiger partial charge in [-0.1, -0.05) is 60.7 Å². The van der Waals surface area contributed by atoms with E-state index < -0.39 is 7.26 Å².